The second-order valence-corrected chi connectivity index (χ2v) is 9.27. The number of nitrogens with zero attached hydrogens (tertiary/aromatic N) is 3. The number of pyridine rings is 1. The fourth-order valence-corrected chi connectivity index (χ4v) is 5.61. The van der Waals surface area contributed by atoms with Crippen molar-refractivity contribution in [3.05, 3.63) is 76.3 Å². The van der Waals surface area contributed by atoms with Gasteiger partial charge in [0.05, 0.1) is 28.8 Å². The van der Waals surface area contributed by atoms with E-state index in [2.05, 4.69) is 64.1 Å². The molecule has 0 spiro atoms. The van der Waals surface area contributed by atoms with Crippen molar-refractivity contribution >= 4 is 21.9 Å². The number of aryl methyl sites for hydroxylation is 1. The van der Waals surface area contributed by atoms with Crippen LogP contribution in [0.5, 0.6) is 0 Å². The quantitative estimate of drug-likeness (QED) is 0.524. The average molecular weight is 428 g/mol. The summed E-state index contributed by atoms with van der Waals surface area (Å²) in [6, 6.07) is 18.0. The Morgan fingerprint density at radius 3 is 2.62 bits per heavy atom. The van der Waals surface area contributed by atoms with Crippen molar-refractivity contribution in [2.75, 3.05) is 19.6 Å². The summed E-state index contributed by atoms with van der Waals surface area (Å²) in [4.78, 5) is 17.8. The van der Waals surface area contributed by atoms with Gasteiger partial charge in [-0.05, 0) is 55.0 Å². The molecule has 6 heteroatoms. The monoisotopic (exact) mass is 427 g/mol. The van der Waals surface area contributed by atoms with Gasteiger partial charge >= 0.3 is 5.69 Å². The molecule has 164 valence electrons. The van der Waals surface area contributed by atoms with E-state index < -0.39 is 0 Å². The lowest BCUT2D eigenvalue weighted by Gasteiger charge is -2.30. The Hall–Kier alpha value is -2.96. The summed E-state index contributed by atoms with van der Waals surface area (Å²) in [6.45, 7) is 2.76. The van der Waals surface area contributed by atoms with E-state index in [4.69, 9.17) is 0 Å². The van der Waals surface area contributed by atoms with Gasteiger partial charge in [-0.15, -0.1) is 0 Å². The Morgan fingerprint density at radius 1 is 1.00 bits per heavy atom. The van der Waals surface area contributed by atoms with E-state index in [-0.39, 0.29) is 11.7 Å². The molecule has 2 aliphatic rings. The minimum absolute atomic E-state index is 0.0541. The topological polar surface area (TPSA) is 63.9 Å². The first kappa shape index (κ1) is 19.7. The minimum atomic E-state index is 0.0541. The second kappa shape index (κ2) is 7.87. The zero-order valence-electron chi connectivity index (χ0n) is 18.4. The molecule has 2 saturated heterocycles. The Balaban J connectivity index is 1.39. The minimum Gasteiger partial charge on any atom is -0.315 e. The summed E-state index contributed by atoms with van der Waals surface area (Å²) >= 11 is 0. The first-order valence-corrected chi connectivity index (χ1v) is 11.7. The van der Waals surface area contributed by atoms with Crippen LogP contribution in [0.2, 0.25) is 0 Å². The van der Waals surface area contributed by atoms with Crippen LogP contribution in [-0.2, 0) is 7.05 Å². The number of fused-ring (bicyclic) bond motifs is 3. The van der Waals surface area contributed by atoms with Gasteiger partial charge in [0.15, 0.2) is 0 Å². The predicted molar refractivity (Wildman–Crippen MR) is 128 cm³/mol. The van der Waals surface area contributed by atoms with Crippen LogP contribution in [0, 0.1) is 0 Å². The standard InChI is InChI=1S/C26H29N5O/c1-30-24-16-29-23-10-7-18(19-8-9-22(28-14-19)17-5-3-2-4-6-17)13-21(23)25(24)31(26(30)32)20-11-12-27-15-20/h2-7,10,13,16,19-20,22,27-28H,8-9,11-12,14-15H2,1H3/t19?,20-,22?/m0/s1. The van der Waals surface area contributed by atoms with Gasteiger partial charge in [-0.1, -0.05) is 36.4 Å². The zero-order valence-corrected chi connectivity index (χ0v) is 18.4. The van der Waals surface area contributed by atoms with Crippen molar-refractivity contribution < 1.29 is 0 Å². The van der Waals surface area contributed by atoms with Crippen molar-refractivity contribution in [2.45, 2.75) is 37.3 Å². The molecule has 32 heavy (non-hydrogen) atoms. The molecule has 2 aromatic carbocycles. The highest BCUT2D eigenvalue weighted by atomic mass is 16.1. The van der Waals surface area contributed by atoms with Gasteiger partial charge in [0.1, 0.15) is 0 Å². The zero-order chi connectivity index (χ0) is 21.7. The van der Waals surface area contributed by atoms with Gasteiger partial charge < -0.3 is 10.6 Å². The van der Waals surface area contributed by atoms with Crippen molar-refractivity contribution in [3.8, 4) is 0 Å². The first-order valence-electron chi connectivity index (χ1n) is 11.7. The molecule has 2 unspecified atom stereocenters. The molecule has 0 saturated carbocycles. The summed E-state index contributed by atoms with van der Waals surface area (Å²) in [7, 11) is 1.86. The van der Waals surface area contributed by atoms with Gasteiger partial charge in [0.2, 0.25) is 0 Å². The molecule has 4 aromatic rings. The van der Waals surface area contributed by atoms with Crippen molar-refractivity contribution in [1.82, 2.24) is 24.8 Å². The highest BCUT2D eigenvalue weighted by Crippen LogP contribution is 2.34. The van der Waals surface area contributed by atoms with E-state index in [9.17, 15) is 4.79 Å². The third-order valence-electron chi connectivity index (χ3n) is 7.43. The van der Waals surface area contributed by atoms with Crippen molar-refractivity contribution in [2.24, 2.45) is 7.05 Å². The second-order valence-electron chi connectivity index (χ2n) is 9.27. The Bertz CT molecular complexity index is 1330. The van der Waals surface area contributed by atoms with Gasteiger partial charge in [0, 0.05) is 31.6 Å². The van der Waals surface area contributed by atoms with Crippen molar-refractivity contribution in [3.63, 3.8) is 0 Å². The third-order valence-corrected chi connectivity index (χ3v) is 7.43. The summed E-state index contributed by atoms with van der Waals surface area (Å²) in [5.41, 5.74) is 5.66. The molecule has 3 atom stereocenters. The normalized spacial score (nSPS) is 23.8. The van der Waals surface area contributed by atoms with E-state index in [1.165, 1.54) is 11.1 Å². The Kier molecular flexibility index (Phi) is 4.85. The summed E-state index contributed by atoms with van der Waals surface area (Å²) < 4.78 is 3.76. The van der Waals surface area contributed by atoms with Crippen LogP contribution in [0.25, 0.3) is 21.9 Å². The van der Waals surface area contributed by atoms with E-state index in [1.54, 1.807) is 4.57 Å². The number of benzene rings is 2. The largest absolute Gasteiger partial charge is 0.329 e. The molecule has 4 heterocycles. The van der Waals surface area contributed by atoms with Crippen LogP contribution in [0.4, 0.5) is 0 Å². The van der Waals surface area contributed by atoms with Crippen LogP contribution in [-0.4, -0.2) is 33.8 Å². The number of nitrogens with one attached hydrogen (secondary N) is 2. The van der Waals surface area contributed by atoms with Crippen LogP contribution in [0.1, 0.15) is 48.4 Å². The Labute approximate surface area is 187 Å². The molecule has 2 fully saturated rings. The molecule has 0 aliphatic carbocycles. The summed E-state index contributed by atoms with van der Waals surface area (Å²) in [5, 5.41) is 8.26. The predicted octanol–water partition coefficient (Wildman–Crippen LogP) is 3.63. The fraction of sp³-hybridized carbons (Fsp3) is 0.385. The lowest BCUT2D eigenvalue weighted by Crippen LogP contribution is -2.32. The smallest absolute Gasteiger partial charge is 0.315 e. The molecule has 2 N–H and O–H groups in total. The lowest BCUT2D eigenvalue weighted by molar-refractivity contribution is 0.374. The summed E-state index contributed by atoms with van der Waals surface area (Å²) in [6.07, 6.45) is 5.11. The molecule has 0 amide bonds. The van der Waals surface area contributed by atoms with E-state index in [0.29, 0.717) is 12.0 Å². The molecule has 0 radical (unpaired) electrons. The average Bonchev–Trinajstić information content (AvgIpc) is 3.46. The molecule has 2 aromatic heterocycles. The number of rotatable bonds is 3. The molecule has 6 nitrogen and oxygen atoms in total. The maximum atomic E-state index is 13.1. The molecular weight excluding hydrogens is 398 g/mol. The SMILES string of the molecule is Cn1c(=O)n([C@H]2CCNC2)c2c3cc(C4CCC(c5ccccc5)NC4)ccc3ncc21. The molecule has 0 bridgehead atoms. The number of imidazole rings is 1. The van der Waals surface area contributed by atoms with Crippen LogP contribution in [0.3, 0.4) is 0 Å². The van der Waals surface area contributed by atoms with E-state index >= 15 is 0 Å². The van der Waals surface area contributed by atoms with Crippen molar-refractivity contribution in [1.29, 1.82) is 0 Å². The first-order chi connectivity index (χ1) is 15.7. The number of piperidine rings is 1. The van der Waals surface area contributed by atoms with Crippen LogP contribution in [0.15, 0.2) is 59.5 Å². The van der Waals surface area contributed by atoms with E-state index in [1.807, 2.05) is 17.8 Å². The molecule has 6 rings (SSSR count). The Morgan fingerprint density at radius 2 is 1.88 bits per heavy atom. The maximum Gasteiger partial charge on any atom is 0.329 e. The van der Waals surface area contributed by atoms with Crippen LogP contribution < -0.4 is 16.3 Å². The third kappa shape index (κ3) is 3.17. The van der Waals surface area contributed by atoms with E-state index in [0.717, 1.165) is 60.8 Å². The molecule has 2 aliphatic heterocycles. The molecular formula is C26H29N5O. The highest BCUT2D eigenvalue weighted by molar-refractivity contribution is 6.02. The number of hydrogen-bond donors (Lipinski definition) is 2. The number of hydrogen-bond acceptors (Lipinski definition) is 4. The van der Waals surface area contributed by atoms with Gasteiger partial charge in [0.25, 0.3) is 0 Å². The van der Waals surface area contributed by atoms with Gasteiger partial charge in [-0.3, -0.25) is 14.1 Å². The fourth-order valence-electron chi connectivity index (χ4n) is 5.61. The highest BCUT2D eigenvalue weighted by Gasteiger charge is 2.26. The van der Waals surface area contributed by atoms with Gasteiger partial charge in [-0.25, -0.2) is 4.79 Å². The van der Waals surface area contributed by atoms with Crippen LogP contribution >= 0.6 is 0 Å². The lowest BCUT2D eigenvalue weighted by atomic mass is 9.86. The van der Waals surface area contributed by atoms with Gasteiger partial charge in [-0.2, -0.15) is 0 Å². The maximum absolute atomic E-state index is 13.1. The number of aromatic nitrogens is 3. The summed E-state index contributed by atoms with van der Waals surface area (Å²) in [5.74, 6) is 0.464.